The molecule has 0 aromatic carbocycles. The van der Waals surface area contributed by atoms with Gasteiger partial charge in [-0.15, -0.1) is 0 Å². The predicted octanol–water partition coefficient (Wildman–Crippen LogP) is 1.26. The minimum Gasteiger partial charge on any atom is -0.345 e. The number of hydrogen-bond donors (Lipinski definition) is 1. The molecule has 8 heteroatoms. The van der Waals surface area contributed by atoms with E-state index in [1.54, 1.807) is 23.6 Å². The lowest BCUT2D eigenvalue weighted by atomic mass is 9.93. The molecule has 0 radical (unpaired) electrons. The molecule has 1 aromatic heterocycles. The molecule has 2 N–H and O–H groups in total. The van der Waals surface area contributed by atoms with Gasteiger partial charge in [-0.25, -0.2) is 8.42 Å². The average Bonchev–Trinajstić information content (AvgIpc) is 2.97. The Hall–Kier alpha value is -1.38. The Morgan fingerprint density at radius 2 is 1.88 bits per heavy atom. The summed E-state index contributed by atoms with van der Waals surface area (Å²) >= 11 is 0. The van der Waals surface area contributed by atoms with E-state index in [0.29, 0.717) is 31.9 Å². The van der Waals surface area contributed by atoms with Crippen molar-refractivity contribution in [2.75, 3.05) is 33.2 Å². The maximum Gasteiger partial charge on any atom is 0.270 e. The number of sulfonamides is 1. The van der Waals surface area contributed by atoms with Gasteiger partial charge in [0.15, 0.2) is 0 Å². The molecule has 1 saturated heterocycles. The fraction of sp³-hybridized carbons (Fsp3) is 0.706. The van der Waals surface area contributed by atoms with Crippen LogP contribution in [0.1, 0.15) is 43.6 Å². The lowest BCUT2D eigenvalue weighted by Gasteiger charge is -2.29. The van der Waals surface area contributed by atoms with E-state index in [9.17, 15) is 13.2 Å². The van der Waals surface area contributed by atoms with Crippen molar-refractivity contribution in [2.45, 2.75) is 38.0 Å². The quantitative estimate of drug-likeness (QED) is 0.816. The Bertz CT molecular complexity index is 718. The fourth-order valence-electron chi connectivity index (χ4n) is 3.12. The fourth-order valence-corrected chi connectivity index (χ4v) is 4.71. The minimum atomic E-state index is -3.54. The summed E-state index contributed by atoms with van der Waals surface area (Å²) in [7, 11) is -0.128. The first-order valence-corrected chi connectivity index (χ1v) is 10.1. The highest BCUT2D eigenvalue weighted by atomic mass is 32.2. The van der Waals surface area contributed by atoms with Gasteiger partial charge in [0.25, 0.3) is 5.91 Å². The smallest absolute Gasteiger partial charge is 0.270 e. The van der Waals surface area contributed by atoms with Gasteiger partial charge in [-0.3, -0.25) is 4.79 Å². The molecule has 2 heterocycles. The van der Waals surface area contributed by atoms with Crippen LogP contribution in [-0.2, 0) is 17.1 Å². The van der Waals surface area contributed by atoms with Crippen molar-refractivity contribution < 1.29 is 13.2 Å². The van der Waals surface area contributed by atoms with Gasteiger partial charge in [0.05, 0.1) is 0 Å². The molecule has 1 aliphatic heterocycles. The highest BCUT2D eigenvalue weighted by molar-refractivity contribution is 7.89. The first-order valence-electron chi connectivity index (χ1n) is 8.70. The van der Waals surface area contributed by atoms with Crippen LogP contribution in [0.25, 0.3) is 0 Å². The Kier molecular flexibility index (Phi) is 5.96. The van der Waals surface area contributed by atoms with Crippen LogP contribution in [0, 0.1) is 5.41 Å². The summed E-state index contributed by atoms with van der Waals surface area (Å²) in [4.78, 5) is 14.5. The van der Waals surface area contributed by atoms with Crippen molar-refractivity contribution in [1.82, 2.24) is 13.8 Å². The third-order valence-corrected chi connectivity index (χ3v) is 6.58. The zero-order chi connectivity index (χ0) is 18.8. The number of nitrogens with two attached hydrogens (primary N) is 1. The lowest BCUT2D eigenvalue weighted by molar-refractivity contribution is 0.0731. The van der Waals surface area contributed by atoms with E-state index >= 15 is 0 Å². The van der Waals surface area contributed by atoms with Gasteiger partial charge < -0.3 is 15.2 Å². The van der Waals surface area contributed by atoms with E-state index < -0.39 is 10.0 Å². The third kappa shape index (κ3) is 4.43. The molecular formula is C17H30N4O3S. The highest BCUT2D eigenvalue weighted by Gasteiger charge is 2.30. The van der Waals surface area contributed by atoms with Crippen molar-refractivity contribution in [3.63, 3.8) is 0 Å². The number of aromatic nitrogens is 1. The monoisotopic (exact) mass is 370 g/mol. The second kappa shape index (κ2) is 7.47. The maximum absolute atomic E-state index is 12.8. The van der Waals surface area contributed by atoms with Crippen molar-refractivity contribution in [3.8, 4) is 0 Å². The standard InChI is InChI=1S/C17H30N4O3S/c1-17(2,12-18)13-20(4)16(22)15-10-14(11-19(15)3)25(23,24)21-8-6-5-7-9-21/h10-11H,5-9,12-13,18H2,1-4H3. The number of rotatable bonds is 6. The second-order valence-electron chi connectivity index (χ2n) is 7.67. The number of amides is 1. The average molecular weight is 371 g/mol. The minimum absolute atomic E-state index is 0.187. The summed E-state index contributed by atoms with van der Waals surface area (Å²) in [6, 6.07) is 1.48. The molecule has 25 heavy (non-hydrogen) atoms. The first-order chi connectivity index (χ1) is 11.6. The summed E-state index contributed by atoms with van der Waals surface area (Å²) < 4.78 is 28.7. The zero-order valence-corrected chi connectivity index (χ0v) is 16.5. The molecule has 1 aliphatic rings. The summed E-state index contributed by atoms with van der Waals surface area (Å²) in [5.41, 5.74) is 5.91. The van der Waals surface area contributed by atoms with Crippen LogP contribution in [-0.4, -0.2) is 61.3 Å². The number of carbonyl (C=O) groups excluding carboxylic acids is 1. The van der Waals surface area contributed by atoms with Gasteiger partial charge in [-0.05, 0) is 30.9 Å². The lowest BCUT2D eigenvalue weighted by Crippen LogP contribution is -2.40. The Morgan fingerprint density at radius 3 is 2.44 bits per heavy atom. The molecule has 0 unspecified atom stereocenters. The van der Waals surface area contributed by atoms with E-state index in [1.165, 1.54) is 16.6 Å². The van der Waals surface area contributed by atoms with Crippen LogP contribution < -0.4 is 5.73 Å². The summed E-state index contributed by atoms with van der Waals surface area (Å²) in [5.74, 6) is -0.205. The Balaban J connectivity index is 2.23. The van der Waals surface area contributed by atoms with Gasteiger partial charge in [0, 0.05) is 39.9 Å². The summed E-state index contributed by atoms with van der Waals surface area (Å²) in [6.07, 6.45) is 4.36. The molecule has 7 nitrogen and oxygen atoms in total. The normalized spacial score (nSPS) is 16.8. The first kappa shape index (κ1) is 19.9. The van der Waals surface area contributed by atoms with Crippen molar-refractivity contribution >= 4 is 15.9 Å². The van der Waals surface area contributed by atoms with Crippen LogP contribution in [0.15, 0.2) is 17.2 Å². The van der Waals surface area contributed by atoms with E-state index in [-0.39, 0.29) is 16.2 Å². The topological polar surface area (TPSA) is 88.6 Å². The maximum atomic E-state index is 12.8. The van der Waals surface area contributed by atoms with E-state index in [4.69, 9.17) is 5.73 Å². The molecule has 142 valence electrons. The molecule has 1 fully saturated rings. The van der Waals surface area contributed by atoms with E-state index in [1.807, 2.05) is 13.8 Å². The van der Waals surface area contributed by atoms with Gasteiger partial charge in [-0.2, -0.15) is 4.31 Å². The molecule has 1 aromatic rings. The van der Waals surface area contributed by atoms with Crippen molar-refractivity contribution in [3.05, 3.63) is 18.0 Å². The number of hydrogen-bond acceptors (Lipinski definition) is 4. The van der Waals surface area contributed by atoms with Crippen molar-refractivity contribution in [1.29, 1.82) is 0 Å². The van der Waals surface area contributed by atoms with Gasteiger partial charge in [0.1, 0.15) is 10.6 Å². The van der Waals surface area contributed by atoms with E-state index in [2.05, 4.69) is 0 Å². The van der Waals surface area contributed by atoms with Gasteiger partial charge >= 0.3 is 0 Å². The molecule has 0 spiro atoms. The number of nitrogens with zero attached hydrogens (tertiary/aromatic N) is 3. The number of aryl methyl sites for hydroxylation is 1. The molecule has 0 bridgehead atoms. The van der Waals surface area contributed by atoms with Gasteiger partial charge in [-0.1, -0.05) is 20.3 Å². The Labute approximate surface area is 150 Å². The molecular weight excluding hydrogens is 340 g/mol. The number of carbonyl (C=O) groups is 1. The summed E-state index contributed by atoms with van der Waals surface area (Å²) in [6.45, 7) is 6.05. The van der Waals surface area contributed by atoms with Crippen LogP contribution in [0.4, 0.5) is 0 Å². The highest BCUT2D eigenvalue weighted by Crippen LogP contribution is 2.23. The van der Waals surface area contributed by atoms with Crippen LogP contribution in [0.5, 0.6) is 0 Å². The third-order valence-electron chi connectivity index (χ3n) is 4.72. The van der Waals surface area contributed by atoms with Crippen LogP contribution >= 0.6 is 0 Å². The van der Waals surface area contributed by atoms with Crippen molar-refractivity contribution in [2.24, 2.45) is 18.2 Å². The zero-order valence-electron chi connectivity index (χ0n) is 15.7. The largest absolute Gasteiger partial charge is 0.345 e. The second-order valence-corrected chi connectivity index (χ2v) is 9.60. The SMILES string of the molecule is CN(CC(C)(C)CN)C(=O)c1cc(S(=O)(=O)N2CCCCC2)cn1C. The van der Waals surface area contributed by atoms with Crippen LogP contribution in [0.2, 0.25) is 0 Å². The molecule has 1 amide bonds. The van der Waals surface area contributed by atoms with Crippen LogP contribution in [0.3, 0.4) is 0 Å². The molecule has 0 aliphatic carbocycles. The Morgan fingerprint density at radius 1 is 1.28 bits per heavy atom. The van der Waals surface area contributed by atoms with Gasteiger partial charge in [0.2, 0.25) is 10.0 Å². The predicted molar refractivity (Wildman–Crippen MR) is 97.8 cm³/mol. The molecule has 0 atom stereocenters. The summed E-state index contributed by atoms with van der Waals surface area (Å²) in [5, 5.41) is 0. The molecule has 2 rings (SSSR count). The molecule has 0 saturated carbocycles. The van der Waals surface area contributed by atoms with E-state index in [0.717, 1.165) is 19.3 Å². The number of piperidine rings is 1.